The number of anilines is 1. The molecule has 2 heterocycles. The lowest BCUT2D eigenvalue weighted by molar-refractivity contribution is 0.0724. The van der Waals surface area contributed by atoms with Gasteiger partial charge in [0.15, 0.2) is 11.5 Å². The normalized spacial score (nSPS) is 15.6. The molecular weight excluding hydrogens is 545 g/mol. The van der Waals surface area contributed by atoms with Crippen molar-refractivity contribution in [3.05, 3.63) is 12.7 Å². The SMILES string of the molecule is C[C@H](Cn1cnc2c(N)ncnc21)OCP(=O)(O)OCCSCCCCCCCCCCCCCC#CC1CC1. The number of rotatable bonds is 22. The predicted octanol–water partition coefficient (Wildman–Crippen LogP) is 6.80. The van der Waals surface area contributed by atoms with E-state index in [1.165, 1.54) is 89.8 Å². The quantitative estimate of drug-likeness (QED) is 0.0861. The minimum atomic E-state index is -3.80. The Labute approximate surface area is 244 Å². The number of aromatic nitrogens is 4. The van der Waals surface area contributed by atoms with Gasteiger partial charge in [-0.05, 0) is 38.4 Å². The van der Waals surface area contributed by atoms with Gasteiger partial charge in [0.2, 0.25) is 0 Å². The molecule has 0 saturated heterocycles. The molecule has 40 heavy (non-hydrogen) atoms. The van der Waals surface area contributed by atoms with Gasteiger partial charge in [-0.1, -0.05) is 63.7 Å². The van der Waals surface area contributed by atoms with Gasteiger partial charge in [0, 0.05) is 18.1 Å². The second-order valence-corrected chi connectivity index (χ2v) is 13.8. The molecule has 2 atom stereocenters. The molecule has 2 aromatic rings. The van der Waals surface area contributed by atoms with Crippen LogP contribution in [0.3, 0.4) is 0 Å². The van der Waals surface area contributed by atoms with Gasteiger partial charge in [0.25, 0.3) is 0 Å². The van der Waals surface area contributed by atoms with Crippen LogP contribution in [0.25, 0.3) is 11.2 Å². The summed E-state index contributed by atoms with van der Waals surface area (Å²) in [6.45, 7) is 2.48. The van der Waals surface area contributed by atoms with E-state index in [2.05, 4.69) is 26.8 Å². The Hall–Kier alpha value is -1.63. The van der Waals surface area contributed by atoms with Gasteiger partial charge < -0.3 is 24.5 Å². The standard InChI is InChI=1S/C29H48N5O4PS/c1-25(21-34-23-33-27-28(30)31-22-32-29(27)34)37-24-39(35,36)38-18-20-40-19-14-12-10-8-6-4-2-3-5-7-9-11-13-15-26-16-17-26/h22-23,25-26H,2-12,14,16-21,24H2,1H3,(H,35,36)(H2,30,31,32)/t25-/m1/s1. The van der Waals surface area contributed by atoms with Crippen LogP contribution in [-0.4, -0.2) is 55.0 Å². The predicted molar refractivity (Wildman–Crippen MR) is 164 cm³/mol. The molecule has 11 heteroatoms. The van der Waals surface area contributed by atoms with E-state index in [9.17, 15) is 9.46 Å². The zero-order valence-electron chi connectivity index (χ0n) is 24.1. The number of hydrogen-bond donors (Lipinski definition) is 2. The second-order valence-electron chi connectivity index (χ2n) is 10.8. The Morgan fingerprint density at radius 1 is 1.05 bits per heavy atom. The molecule has 3 rings (SSSR count). The fourth-order valence-electron chi connectivity index (χ4n) is 4.41. The minimum absolute atomic E-state index is 0.242. The van der Waals surface area contributed by atoms with Crippen LogP contribution in [0.1, 0.15) is 96.8 Å². The highest BCUT2D eigenvalue weighted by atomic mass is 32.2. The largest absolute Gasteiger partial charge is 0.382 e. The molecule has 1 aliphatic rings. The summed E-state index contributed by atoms with van der Waals surface area (Å²) in [5.74, 6) is 9.50. The van der Waals surface area contributed by atoms with Crippen LogP contribution in [-0.2, 0) is 20.4 Å². The summed E-state index contributed by atoms with van der Waals surface area (Å²) in [4.78, 5) is 22.4. The molecule has 1 unspecified atom stereocenters. The van der Waals surface area contributed by atoms with Crippen LogP contribution < -0.4 is 5.73 Å². The summed E-state index contributed by atoms with van der Waals surface area (Å²) in [6.07, 6.45) is 20.6. The Balaban J connectivity index is 1.08. The molecule has 0 spiro atoms. The van der Waals surface area contributed by atoms with Crippen molar-refractivity contribution in [2.75, 3.05) is 30.2 Å². The van der Waals surface area contributed by atoms with Crippen molar-refractivity contribution < 1.29 is 18.7 Å². The average molecular weight is 594 g/mol. The molecule has 1 fully saturated rings. The lowest BCUT2D eigenvalue weighted by atomic mass is 10.1. The Bertz CT molecular complexity index is 1100. The van der Waals surface area contributed by atoms with Crippen LogP contribution in [0.5, 0.6) is 0 Å². The number of ether oxygens (including phenoxy) is 1. The van der Waals surface area contributed by atoms with Crippen LogP contribution in [0, 0.1) is 17.8 Å². The highest BCUT2D eigenvalue weighted by Gasteiger charge is 2.22. The van der Waals surface area contributed by atoms with Gasteiger partial charge >= 0.3 is 7.60 Å². The monoisotopic (exact) mass is 593 g/mol. The fraction of sp³-hybridized carbons (Fsp3) is 0.759. The van der Waals surface area contributed by atoms with Gasteiger partial charge in [-0.15, -0.1) is 5.92 Å². The van der Waals surface area contributed by atoms with Crippen molar-refractivity contribution in [2.45, 2.75) is 109 Å². The summed E-state index contributed by atoms with van der Waals surface area (Å²) in [5, 5.41) is 0. The summed E-state index contributed by atoms with van der Waals surface area (Å²) < 4.78 is 24.9. The number of nitrogen functional groups attached to an aromatic ring is 1. The van der Waals surface area contributed by atoms with Crippen LogP contribution in [0.4, 0.5) is 5.82 Å². The van der Waals surface area contributed by atoms with Gasteiger partial charge in [0.1, 0.15) is 18.2 Å². The van der Waals surface area contributed by atoms with E-state index in [0.717, 1.165) is 18.1 Å². The average Bonchev–Trinajstić information content (AvgIpc) is 3.67. The van der Waals surface area contributed by atoms with E-state index >= 15 is 0 Å². The third-order valence-corrected chi connectivity index (χ3v) is 8.99. The zero-order chi connectivity index (χ0) is 28.5. The topological polar surface area (TPSA) is 125 Å². The first-order valence-electron chi connectivity index (χ1n) is 15.0. The summed E-state index contributed by atoms with van der Waals surface area (Å²) in [6, 6.07) is 0. The number of nitrogens with two attached hydrogens (primary N) is 1. The minimum Gasteiger partial charge on any atom is -0.382 e. The number of imidazole rings is 1. The Kier molecular flexibility index (Phi) is 15.4. The number of unbranched alkanes of at least 4 members (excludes halogenated alkanes) is 11. The van der Waals surface area contributed by atoms with E-state index in [1.54, 1.807) is 22.7 Å². The molecule has 0 aromatic carbocycles. The highest BCUT2D eigenvalue weighted by molar-refractivity contribution is 7.99. The van der Waals surface area contributed by atoms with E-state index < -0.39 is 7.60 Å². The van der Waals surface area contributed by atoms with Crippen molar-refractivity contribution in [3.63, 3.8) is 0 Å². The Morgan fingerprint density at radius 2 is 1.73 bits per heavy atom. The van der Waals surface area contributed by atoms with Crippen molar-refractivity contribution in [2.24, 2.45) is 5.92 Å². The highest BCUT2D eigenvalue weighted by Crippen LogP contribution is 2.42. The molecule has 2 aromatic heterocycles. The molecule has 224 valence electrons. The molecule has 0 radical (unpaired) electrons. The van der Waals surface area contributed by atoms with Gasteiger partial charge in [-0.3, -0.25) is 4.57 Å². The van der Waals surface area contributed by atoms with Crippen molar-refractivity contribution in [1.82, 2.24) is 19.5 Å². The fourth-order valence-corrected chi connectivity index (χ4v) is 6.25. The molecule has 9 nitrogen and oxygen atoms in total. The third-order valence-electron chi connectivity index (χ3n) is 6.90. The summed E-state index contributed by atoms with van der Waals surface area (Å²) in [5.41, 5.74) is 6.94. The third kappa shape index (κ3) is 13.8. The molecule has 1 aliphatic carbocycles. The maximum Gasteiger partial charge on any atom is 0.353 e. The van der Waals surface area contributed by atoms with E-state index in [-0.39, 0.29) is 19.1 Å². The number of fused-ring (bicyclic) bond motifs is 1. The number of nitrogens with zero attached hydrogens (tertiary/aromatic N) is 4. The number of thioether (sulfide) groups is 1. The van der Waals surface area contributed by atoms with Crippen LogP contribution in [0.15, 0.2) is 12.7 Å². The van der Waals surface area contributed by atoms with Gasteiger partial charge in [-0.2, -0.15) is 11.8 Å². The molecule has 0 aliphatic heterocycles. The second kappa shape index (κ2) is 18.7. The maximum atomic E-state index is 12.3. The summed E-state index contributed by atoms with van der Waals surface area (Å²) in [7, 11) is -3.80. The lowest BCUT2D eigenvalue weighted by Crippen LogP contribution is -2.17. The first-order valence-corrected chi connectivity index (χ1v) is 17.9. The summed E-state index contributed by atoms with van der Waals surface area (Å²) >= 11 is 1.77. The van der Waals surface area contributed by atoms with Crippen molar-refractivity contribution in [3.8, 4) is 11.8 Å². The van der Waals surface area contributed by atoms with Crippen LogP contribution in [0.2, 0.25) is 0 Å². The smallest absolute Gasteiger partial charge is 0.353 e. The van der Waals surface area contributed by atoms with Gasteiger partial charge in [0.05, 0.1) is 25.6 Å². The van der Waals surface area contributed by atoms with E-state index in [1.807, 2.05) is 6.92 Å². The molecule has 0 bridgehead atoms. The van der Waals surface area contributed by atoms with E-state index in [4.69, 9.17) is 15.0 Å². The first-order chi connectivity index (χ1) is 19.4. The molecule has 3 N–H and O–H groups in total. The zero-order valence-corrected chi connectivity index (χ0v) is 25.8. The Morgan fingerprint density at radius 3 is 2.42 bits per heavy atom. The van der Waals surface area contributed by atoms with E-state index in [0.29, 0.717) is 29.3 Å². The molecule has 0 amide bonds. The number of hydrogen-bond acceptors (Lipinski definition) is 8. The van der Waals surface area contributed by atoms with Gasteiger partial charge in [-0.25, -0.2) is 15.0 Å². The maximum absolute atomic E-state index is 12.3. The first kappa shape index (κ1) is 32.9. The van der Waals surface area contributed by atoms with Crippen molar-refractivity contribution >= 4 is 36.3 Å². The molecule has 1 saturated carbocycles. The molecular formula is C29H48N5O4PS. The van der Waals surface area contributed by atoms with Crippen molar-refractivity contribution in [1.29, 1.82) is 0 Å². The lowest BCUT2D eigenvalue weighted by Gasteiger charge is -2.17. The van der Waals surface area contributed by atoms with Crippen LogP contribution >= 0.6 is 19.4 Å².